The molecular weight excluding hydrogens is 266 g/mol. The van der Waals surface area contributed by atoms with Gasteiger partial charge in [0.15, 0.2) is 0 Å². The number of aliphatic hydroxyl groups is 1. The van der Waals surface area contributed by atoms with Gasteiger partial charge < -0.3 is 10.4 Å². The van der Waals surface area contributed by atoms with Gasteiger partial charge in [0.25, 0.3) is 0 Å². The first-order chi connectivity index (χ1) is 9.61. The van der Waals surface area contributed by atoms with Gasteiger partial charge in [0.1, 0.15) is 11.6 Å². The molecule has 0 saturated heterocycles. The molecule has 0 unspecified atom stereocenters. The third-order valence-corrected chi connectivity index (χ3v) is 2.75. The first-order valence-corrected chi connectivity index (χ1v) is 5.88. The van der Waals surface area contributed by atoms with Crippen LogP contribution in [0.15, 0.2) is 36.7 Å². The topological polar surface area (TPSA) is 62.2 Å². The Balaban J connectivity index is 2.13. The maximum absolute atomic E-state index is 13.4. The molecule has 0 aliphatic rings. The summed E-state index contributed by atoms with van der Waals surface area (Å²) in [6.45, 7) is -0.272. The van der Waals surface area contributed by atoms with Gasteiger partial charge in [0.2, 0.25) is 5.91 Å². The lowest BCUT2D eigenvalue weighted by Crippen LogP contribution is -2.17. The molecule has 2 rings (SSSR count). The average molecular weight is 278 g/mol. The first kappa shape index (κ1) is 14.1. The molecular formula is C14H12F2N2O2. The number of hydrogen-bond donors (Lipinski definition) is 2. The SMILES string of the molecule is O=C(Cc1c(F)cccc1F)Nc1cnccc1CO. The van der Waals surface area contributed by atoms with E-state index in [9.17, 15) is 13.6 Å². The van der Waals surface area contributed by atoms with Crippen LogP contribution in [-0.2, 0) is 17.8 Å². The van der Waals surface area contributed by atoms with Gasteiger partial charge in [-0.1, -0.05) is 6.07 Å². The predicted molar refractivity (Wildman–Crippen MR) is 68.9 cm³/mol. The van der Waals surface area contributed by atoms with Crippen LogP contribution in [0.5, 0.6) is 0 Å². The summed E-state index contributed by atoms with van der Waals surface area (Å²) in [5, 5.41) is 11.6. The molecule has 1 aromatic heterocycles. The normalized spacial score (nSPS) is 10.3. The van der Waals surface area contributed by atoms with Crippen molar-refractivity contribution in [2.24, 2.45) is 0 Å². The molecule has 2 aromatic rings. The molecule has 6 heteroatoms. The summed E-state index contributed by atoms with van der Waals surface area (Å²) in [4.78, 5) is 15.6. The smallest absolute Gasteiger partial charge is 0.229 e. The Morgan fingerprint density at radius 3 is 2.60 bits per heavy atom. The van der Waals surface area contributed by atoms with Crippen molar-refractivity contribution in [2.45, 2.75) is 13.0 Å². The standard InChI is InChI=1S/C14H12F2N2O2/c15-11-2-1-3-12(16)10(11)6-14(20)18-13-7-17-5-4-9(13)8-19/h1-5,7,19H,6,8H2,(H,18,20). The van der Waals surface area contributed by atoms with E-state index in [0.717, 1.165) is 12.1 Å². The van der Waals surface area contributed by atoms with E-state index >= 15 is 0 Å². The van der Waals surface area contributed by atoms with Crippen molar-refractivity contribution in [3.63, 3.8) is 0 Å². The third kappa shape index (κ3) is 3.16. The van der Waals surface area contributed by atoms with E-state index in [4.69, 9.17) is 5.11 Å². The molecule has 1 aromatic carbocycles. The molecule has 4 nitrogen and oxygen atoms in total. The van der Waals surface area contributed by atoms with Crippen molar-refractivity contribution < 1.29 is 18.7 Å². The molecule has 0 spiro atoms. The highest BCUT2D eigenvalue weighted by Gasteiger charge is 2.14. The zero-order valence-electron chi connectivity index (χ0n) is 10.4. The van der Waals surface area contributed by atoms with Gasteiger partial charge in [0, 0.05) is 17.3 Å². The molecule has 1 amide bonds. The number of pyridine rings is 1. The van der Waals surface area contributed by atoms with Crippen LogP contribution in [0.25, 0.3) is 0 Å². The summed E-state index contributed by atoms with van der Waals surface area (Å²) < 4.78 is 26.8. The lowest BCUT2D eigenvalue weighted by atomic mass is 10.1. The summed E-state index contributed by atoms with van der Waals surface area (Å²) in [6.07, 6.45) is 2.40. The molecule has 0 aliphatic carbocycles. The maximum Gasteiger partial charge on any atom is 0.229 e. The number of nitrogens with zero attached hydrogens (tertiary/aromatic N) is 1. The van der Waals surface area contributed by atoms with Gasteiger partial charge in [-0.2, -0.15) is 0 Å². The van der Waals surface area contributed by atoms with Crippen molar-refractivity contribution in [1.82, 2.24) is 4.98 Å². The Kier molecular flexibility index (Phi) is 4.37. The second kappa shape index (κ2) is 6.21. The predicted octanol–water partition coefficient (Wildman–Crippen LogP) is 2.03. The van der Waals surface area contributed by atoms with E-state index in [2.05, 4.69) is 10.3 Å². The van der Waals surface area contributed by atoms with Gasteiger partial charge >= 0.3 is 0 Å². The Bertz CT molecular complexity index is 612. The van der Waals surface area contributed by atoms with E-state index in [1.54, 1.807) is 6.07 Å². The van der Waals surface area contributed by atoms with E-state index in [0.29, 0.717) is 11.3 Å². The molecule has 0 bridgehead atoms. The minimum absolute atomic E-state index is 0.272. The lowest BCUT2D eigenvalue weighted by molar-refractivity contribution is -0.115. The maximum atomic E-state index is 13.4. The van der Waals surface area contributed by atoms with Gasteiger partial charge in [-0.05, 0) is 18.2 Å². The minimum Gasteiger partial charge on any atom is -0.392 e. The van der Waals surface area contributed by atoms with Crippen molar-refractivity contribution in [1.29, 1.82) is 0 Å². The van der Waals surface area contributed by atoms with Gasteiger partial charge in [-0.15, -0.1) is 0 Å². The number of carbonyl (C=O) groups is 1. The van der Waals surface area contributed by atoms with Gasteiger partial charge in [-0.25, -0.2) is 8.78 Å². The van der Waals surface area contributed by atoms with Crippen LogP contribution in [-0.4, -0.2) is 16.0 Å². The second-order valence-electron chi connectivity index (χ2n) is 4.12. The number of aliphatic hydroxyl groups excluding tert-OH is 1. The molecule has 0 saturated carbocycles. The monoisotopic (exact) mass is 278 g/mol. The van der Waals surface area contributed by atoms with Crippen molar-refractivity contribution >= 4 is 11.6 Å². The minimum atomic E-state index is -0.770. The highest BCUT2D eigenvalue weighted by Crippen LogP contribution is 2.16. The van der Waals surface area contributed by atoms with Crippen LogP contribution in [0.4, 0.5) is 14.5 Å². The lowest BCUT2D eigenvalue weighted by Gasteiger charge is -2.09. The third-order valence-electron chi connectivity index (χ3n) is 2.75. The number of rotatable bonds is 4. The largest absolute Gasteiger partial charge is 0.392 e. The average Bonchev–Trinajstić information content (AvgIpc) is 2.44. The number of hydrogen-bond acceptors (Lipinski definition) is 3. The zero-order valence-corrected chi connectivity index (χ0v) is 10.4. The molecule has 0 aliphatic heterocycles. The summed E-state index contributed by atoms with van der Waals surface area (Å²) in [6, 6.07) is 4.96. The molecule has 0 atom stereocenters. The van der Waals surface area contributed by atoms with Crippen LogP contribution in [0.3, 0.4) is 0 Å². The quantitative estimate of drug-likeness (QED) is 0.899. The summed E-state index contributed by atoms with van der Waals surface area (Å²) in [7, 11) is 0. The summed E-state index contributed by atoms with van der Waals surface area (Å²) in [5.74, 6) is -2.13. The van der Waals surface area contributed by atoms with Gasteiger partial charge in [0.05, 0.1) is 24.9 Å². The number of anilines is 1. The van der Waals surface area contributed by atoms with Crippen molar-refractivity contribution in [3.8, 4) is 0 Å². The molecule has 104 valence electrons. The van der Waals surface area contributed by atoms with Crippen LogP contribution in [0.1, 0.15) is 11.1 Å². The highest BCUT2D eigenvalue weighted by atomic mass is 19.1. The number of nitrogens with one attached hydrogen (secondary N) is 1. The van der Waals surface area contributed by atoms with Crippen molar-refractivity contribution in [2.75, 3.05) is 5.32 Å². The van der Waals surface area contributed by atoms with Crippen LogP contribution in [0.2, 0.25) is 0 Å². The van der Waals surface area contributed by atoms with E-state index < -0.39 is 24.0 Å². The van der Waals surface area contributed by atoms with E-state index in [-0.39, 0.29) is 12.2 Å². The number of halogens is 2. The summed E-state index contributed by atoms with van der Waals surface area (Å²) in [5.41, 5.74) is 0.499. The number of carbonyl (C=O) groups excluding carboxylic acids is 1. The number of benzene rings is 1. The van der Waals surface area contributed by atoms with E-state index in [1.165, 1.54) is 18.5 Å². The fourth-order valence-electron chi connectivity index (χ4n) is 1.73. The Labute approximate surface area is 114 Å². The first-order valence-electron chi connectivity index (χ1n) is 5.88. The highest BCUT2D eigenvalue weighted by molar-refractivity contribution is 5.92. The van der Waals surface area contributed by atoms with Gasteiger partial charge in [-0.3, -0.25) is 9.78 Å². The Hall–Kier alpha value is -2.34. The molecule has 0 fully saturated rings. The fourth-order valence-corrected chi connectivity index (χ4v) is 1.73. The molecule has 20 heavy (non-hydrogen) atoms. The van der Waals surface area contributed by atoms with E-state index in [1.807, 2.05) is 0 Å². The number of amides is 1. The fraction of sp³-hybridized carbons (Fsp3) is 0.143. The molecule has 1 heterocycles. The summed E-state index contributed by atoms with van der Waals surface area (Å²) >= 11 is 0. The zero-order chi connectivity index (χ0) is 14.5. The van der Waals surface area contributed by atoms with Crippen LogP contribution < -0.4 is 5.32 Å². The molecule has 0 radical (unpaired) electrons. The van der Waals surface area contributed by atoms with Crippen LogP contribution in [0, 0.1) is 11.6 Å². The Morgan fingerprint density at radius 2 is 1.95 bits per heavy atom. The molecule has 2 N–H and O–H groups in total. The number of aromatic nitrogens is 1. The second-order valence-corrected chi connectivity index (χ2v) is 4.12. The Morgan fingerprint density at radius 1 is 1.25 bits per heavy atom. The van der Waals surface area contributed by atoms with Crippen molar-refractivity contribution in [3.05, 3.63) is 59.4 Å². The van der Waals surface area contributed by atoms with Crippen LogP contribution >= 0.6 is 0 Å².